The minimum absolute atomic E-state index is 0.379. The van der Waals surface area contributed by atoms with Crippen molar-refractivity contribution in [3.05, 3.63) is 42.5 Å². The van der Waals surface area contributed by atoms with Crippen LogP contribution in [0.2, 0.25) is 0 Å². The third-order valence-electron chi connectivity index (χ3n) is 3.84. The molecule has 0 aliphatic rings. The van der Waals surface area contributed by atoms with Gasteiger partial charge in [-0.2, -0.15) is 0 Å². The summed E-state index contributed by atoms with van der Waals surface area (Å²) in [4.78, 5) is 1.24. The van der Waals surface area contributed by atoms with Gasteiger partial charge in [0.2, 0.25) is 0 Å². The molecule has 0 aliphatic carbocycles. The second-order valence-corrected chi connectivity index (χ2v) is 7.04. The van der Waals surface area contributed by atoms with E-state index in [0.29, 0.717) is 24.5 Å². The number of nitrogens with one attached hydrogen (secondary N) is 2. The Morgan fingerprint density at radius 3 is 2.45 bits per heavy atom. The maximum Gasteiger partial charge on any atom is 0.0271 e. The number of benzene rings is 2. The maximum absolute atomic E-state index is 5.79. The molecule has 0 amide bonds. The number of nitrogens with two attached hydrogens (primary N) is 1. The molecule has 0 spiro atoms. The van der Waals surface area contributed by atoms with Crippen LogP contribution in [0.5, 0.6) is 0 Å². The Hall–Kier alpha value is -1.07. The summed E-state index contributed by atoms with van der Waals surface area (Å²) in [7, 11) is 0. The highest BCUT2D eigenvalue weighted by atomic mass is 32.2. The standard InChI is InChI=1S/C18H27N3S/c1-13(2)18(11-19)20-12-14(3)21-22-17-9-8-15-6-4-5-7-16(15)10-17/h4-10,13-14,18,20-21H,11-12,19H2,1-3H3/t14-,18-/m0/s1. The molecule has 0 fully saturated rings. The lowest BCUT2D eigenvalue weighted by Gasteiger charge is -2.23. The lowest BCUT2D eigenvalue weighted by atomic mass is 10.0. The molecule has 2 aromatic carbocycles. The first kappa shape index (κ1) is 17.3. The molecule has 22 heavy (non-hydrogen) atoms. The molecule has 3 nitrogen and oxygen atoms in total. The average molecular weight is 318 g/mol. The first-order chi connectivity index (χ1) is 10.6. The monoisotopic (exact) mass is 317 g/mol. The van der Waals surface area contributed by atoms with E-state index in [9.17, 15) is 0 Å². The highest BCUT2D eigenvalue weighted by molar-refractivity contribution is 7.97. The van der Waals surface area contributed by atoms with Gasteiger partial charge in [0.1, 0.15) is 0 Å². The summed E-state index contributed by atoms with van der Waals surface area (Å²) >= 11 is 1.69. The second kappa shape index (κ2) is 8.53. The molecule has 2 rings (SSSR count). The number of fused-ring (bicyclic) bond motifs is 1. The van der Waals surface area contributed by atoms with Gasteiger partial charge >= 0.3 is 0 Å². The predicted octanol–water partition coefficient (Wildman–Crippen LogP) is 3.40. The number of rotatable bonds is 8. The Balaban J connectivity index is 1.83. The van der Waals surface area contributed by atoms with Crippen LogP contribution in [0.3, 0.4) is 0 Å². The van der Waals surface area contributed by atoms with Crippen LogP contribution < -0.4 is 15.8 Å². The zero-order valence-electron chi connectivity index (χ0n) is 13.7. The van der Waals surface area contributed by atoms with Crippen LogP contribution >= 0.6 is 11.9 Å². The van der Waals surface area contributed by atoms with Crippen LogP contribution in [0, 0.1) is 5.92 Å². The van der Waals surface area contributed by atoms with E-state index in [2.05, 4.69) is 73.3 Å². The van der Waals surface area contributed by atoms with E-state index in [1.54, 1.807) is 11.9 Å². The maximum atomic E-state index is 5.79. The summed E-state index contributed by atoms with van der Waals surface area (Å²) < 4.78 is 3.50. The zero-order chi connectivity index (χ0) is 15.9. The van der Waals surface area contributed by atoms with E-state index in [0.717, 1.165) is 6.54 Å². The molecule has 0 radical (unpaired) electrons. The molecule has 0 heterocycles. The summed E-state index contributed by atoms with van der Waals surface area (Å²) in [5, 5.41) is 6.10. The van der Waals surface area contributed by atoms with E-state index in [4.69, 9.17) is 5.73 Å². The summed E-state index contributed by atoms with van der Waals surface area (Å²) in [6, 6.07) is 15.8. The molecule has 0 aromatic heterocycles. The van der Waals surface area contributed by atoms with Gasteiger partial charge in [-0.3, -0.25) is 4.72 Å². The van der Waals surface area contributed by atoms with E-state index < -0.39 is 0 Å². The van der Waals surface area contributed by atoms with Crippen molar-refractivity contribution in [2.75, 3.05) is 13.1 Å². The SMILES string of the molecule is CC(C)[C@H](CN)NC[C@H](C)NSc1ccc2ccccc2c1. The molecule has 2 aromatic rings. The Bertz CT molecular complexity index is 585. The number of hydrogen-bond acceptors (Lipinski definition) is 4. The predicted molar refractivity (Wildman–Crippen MR) is 98.1 cm³/mol. The molecular formula is C18H27N3S. The van der Waals surface area contributed by atoms with Crippen LogP contribution in [0.15, 0.2) is 47.4 Å². The lowest BCUT2D eigenvalue weighted by molar-refractivity contribution is 0.393. The second-order valence-electron chi connectivity index (χ2n) is 6.12. The van der Waals surface area contributed by atoms with Crippen molar-refractivity contribution >= 4 is 22.7 Å². The Morgan fingerprint density at radius 2 is 1.77 bits per heavy atom. The molecule has 0 bridgehead atoms. The highest BCUT2D eigenvalue weighted by Gasteiger charge is 2.12. The summed E-state index contributed by atoms with van der Waals surface area (Å²) in [6.45, 7) is 8.19. The fourth-order valence-corrected chi connectivity index (χ4v) is 3.10. The Labute approximate surface area is 138 Å². The minimum atomic E-state index is 0.379. The van der Waals surface area contributed by atoms with Gasteiger partial charge in [-0.1, -0.05) is 44.2 Å². The van der Waals surface area contributed by atoms with Crippen molar-refractivity contribution < 1.29 is 0 Å². The van der Waals surface area contributed by atoms with Gasteiger partial charge < -0.3 is 11.1 Å². The molecule has 4 N–H and O–H groups in total. The first-order valence-corrected chi connectivity index (χ1v) is 8.76. The van der Waals surface area contributed by atoms with Gasteiger partial charge in [-0.15, -0.1) is 0 Å². The topological polar surface area (TPSA) is 50.1 Å². The van der Waals surface area contributed by atoms with Gasteiger partial charge in [-0.25, -0.2) is 0 Å². The smallest absolute Gasteiger partial charge is 0.0271 e. The van der Waals surface area contributed by atoms with Crippen molar-refractivity contribution in [1.29, 1.82) is 0 Å². The third kappa shape index (κ3) is 4.99. The summed E-state index contributed by atoms with van der Waals surface area (Å²) in [6.07, 6.45) is 0. The van der Waals surface area contributed by atoms with Crippen LogP contribution in [0.25, 0.3) is 10.8 Å². The fraction of sp³-hybridized carbons (Fsp3) is 0.444. The third-order valence-corrected chi connectivity index (χ3v) is 4.85. The molecule has 0 unspecified atom stereocenters. The van der Waals surface area contributed by atoms with E-state index in [1.807, 2.05) is 0 Å². The van der Waals surface area contributed by atoms with E-state index >= 15 is 0 Å². The Kier molecular flexibility index (Phi) is 6.70. The fourth-order valence-electron chi connectivity index (χ4n) is 2.36. The lowest BCUT2D eigenvalue weighted by Crippen LogP contribution is -2.45. The summed E-state index contributed by atoms with van der Waals surface area (Å²) in [5.74, 6) is 0.561. The zero-order valence-corrected chi connectivity index (χ0v) is 14.5. The quantitative estimate of drug-likeness (QED) is 0.653. The first-order valence-electron chi connectivity index (χ1n) is 7.94. The van der Waals surface area contributed by atoms with Gasteiger partial charge in [0.15, 0.2) is 0 Å². The van der Waals surface area contributed by atoms with Crippen LogP contribution in [0.1, 0.15) is 20.8 Å². The largest absolute Gasteiger partial charge is 0.329 e. The van der Waals surface area contributed by atoms with Gasteiger partial charge in [0.05, 0.1) is 0 Å². The van der Waals surface area contributed by atoms with Crippen molar-refractivity contribution in [3.63, 3.8) is 0 Å². The highest BCUT2D eigenvalue weighted by Crippen LogP contribution is 2.22. The van der Waals surface area contributed by atoms with Crippen LogP contribution in [-0.4, -0.2) is 25.2 Å². The molecule has 0 saturated carbocycles. The van der Waals surface area contributed by atoms with Crippen molar-refractivity contribution in [2.45, 2.75) is 37.8 Å². The van der Waals surface area contributed by atoms with Crippen LogP contribution in [-0.2, 0) is 0 Å². The van der Waals surface area contributed by atoms with E-state index in [-0.39, 0.29) is 0 Å². The average Bonchev–Trinajstić information content (AvgIpc) is 2.53. The molecule has 0 aliphatic heterocycles. The van der Waals surface area contributed by atoms with Gasteiger partial charge in [0.25, 0.3) is 0 Å². The minimum Gasteiger partial charge on any atom is -0.329 e. The van der Waals surface area contributed by atoms with E-state index in [1.165, 1.54) is 15.7 Å². The van der Waals surface area contributed by atoms with Crippen molar-refractivity contribution in [2.24, 2.45) is 11.7 Å². The molecule has 0 saturated heterocycles. The van der Waals surface area contributed by atoms with Crippen molar-refractivity contribution in [1.82, 2.24) is 10.0 Å². The van der Waals surface area contributed by atoms with Gasteiger partial charge in [-0.05, 0) is 47.7 Å². The number of hydrogen-bond donors (Lipinski definition) is 3. The summed E-state index contributed by atoms with van der Waals surface area (Å²) in [5.41, 5.74) is 5.79. The molecular weight excluding hydrogens is 290 g/mol. The molecule has 2 atom stereocenters. The molecule has 120 valence electrons. The van der Waals surface area contributed by atoms with Gasteiger partial charge in [0, 0.05) is 30.1 Å². The Morgan fingerprint density at radius 1 is 1.05 bits per heavy atom. The molecule has 4 heteroatoms. The van der Waals surface area contributed by atoms with Crippen LogP contribution in [0.4, 0.5) is 0 Å². The van der Waals surface area contributed by atoms with Crippen molar-refractivity contribution in [3.8, 4) is 0 Å². The normalized spacial score (nSPS) is 14.4.